The van der Waals surface area contributed by atoms with Gasteiger partial charge in [0.05, 0.1) is 0 Å². The van der Waals surface area contributed by atoms with Gasteiger partial charge in [-0.15, -0.1) is 0 Å². The molecule has 0 saturated heterocycles. The molecule has 102 valence electrons. The molecule has 0 bridgehead atoms. The zero-order valence-electron chi connectivity index (χ0n) is 11.1. The molecule has 0 saturated carbocycles. The third kappa shape index (κ3) is 4.38. The van der Waals surface area contributed by atoms with E-state index < -0.39 is 0 Å². The number of nitrogens with zero attached hydrogens (tertiary/aromatic N) is 2. The quantitative estimate of drug-likeness (QED) is 0.788. The number of halogens is 1. The third-order valence-corrected chi connectivity index (χ3v) is 2.94. The van der Waals surface area contributed by atoms with Crippen molar-refractivity contribution in [1.29, 1.82) is 10.5 Å². The van der Waals surface area contributed by atoms with Crippen LogP contribution in [0.1, 0.15) is 11.1 Å². The summed E-state index contributed by atoms with van der Waals surface area (Å²) in [6.45, 7) is 0.400. The molecule has 2 aromatic rings. The number of hydrogen-bond acceptors (Lipinski definition) is 3. The van der Waals surface area contributed by atoms with Gasteiger partial charge in [-0.2, -0.15) is 10.5 Å². The van der Waals surface area contributed by atoms with Gasteiger partial charge < -0.3 is 4.74 Å². The lowest BCUT2D eigenvalue weighted by molar-refractivity contribution is 0.306. The van der Waals surface area contributed by atoms with Crippen LogP contribution >= 0.6 is 11.6 Å². The smallest absolute Gasteiger partial charge is 0.130 e. The standard InChI is InChI=1S/C17H11ClN2O/c18-16-5-1-4-14(8-16)12-21-17-6-2-3-13(9-17)7-15(10-19)11-20/h1-9H,12H2. The second-order valence-electron chi connectivity index (χ2n) is 4.27. The molecule has 4 heteroatoms. The van der Waals surface area contributed by atoms with Gasteiger partial charge in [-0.05, 0) is 41.5 Å². The maximum absolute atomic E-state index is 8.75. The average Bonchev–Trinajstić information content (AvgIpc) is 2.51. The van der Waals surface area contributed by atoms with Crippen molar-refractivity contribution in [3.05, 3.63) is 70.3 Å². The van der Waals surface area contributed by atoms with Crippen LogP contribution in [0.2, 0.25) is 5.02 Å². The van der Waals surface area contributed by atoms with Crippen molar-refractivity contribution in [3.63, 3.8) is 0 Å². The highest BCUT2D eigenvalue weighted by atomic mass is 35.5. The van der Waals surface area contributed by atoms with Crippen molar-refractivity contribution in [2.75, 3.05) is 0 Å². The number of hydrogen-bond donors (Lipinski definition) is 0. The van der Waals surface area contributed by atoms with E-state index in [-0.39, 0.29) is 5.57 Å². The van der Waals surface area contributed by atoms with Crippen LogP contribution in [-0.4, -0.2) is 0 Å². The molecular weight excluding hydrogens is 284 g/mol. The lowest BCUT2D eigenvalue weighted by Gasteiger charge is -2.07. The Labute approximate surface area is 128 Å². The largest absolute Gasteiger partial charge is 0.489 e. The fraction of sp³-hybridized carbons (Fsp3) is 0.0588. The van der Waals surface area contributed by atoms with Gasteiger partial charge in [-0.25, -0.2) is 0 Å². The van der Waals surface area contributed by atoms with Gasteiger partial charge in [-0.1, -0.05) is 35.9 Å². The van der Waals surface area contributed by atoms with Crippen LogP contribution in [0.15, 0.2) is 54.1 Å². The van der Waals surface area contributed by atoms with Gasteiger partial charge in [-0.3, -0.25) is 0 Å². The number of ether oxygens (including phenoxy) is 1. The minimum absolute atomic E-state index is 0.0574. The Bertz CT molecular complexity index is 738. The summed E-state index contributed by atoms with van der Waals surface area (Å²) in [4.78, 5) is 0. The SMILES string of the molecule is N#CC(C#N)=Cc1cccc(OCc2cccc(Cl)c2)c1. The second kappa shape index (κ2) is 7.14. The van der Waals surface area contributed by atoms with Gasteiger partial charge in [0.25, 0.3) is 0 Å². The Balaban J connectivity index is 2.10. The van der Waals surface area contributed by atoms with E-state index in [1.54, 1.807) is 12.1 Å². The normalized spacial score (nSPS) is 9.29. The van der Waals surface area contributed by atoms with Crippen LogP contribution in [0, 0.1) is 22.7 Å². The highest BCUT2D eigenvalue weighted by molar-refractivity contribution is 6.30. The minimum atomic E-state index is 0.0574. The number of rotatable bonds is 4. The van der Waals surface area contributed by atoms with Crippen LogP contribution in [0.3, 0.4) is 0 Å². The van der Waals surface area contributed by atoms with E-state index in [0.717, 1.165) is 11.1 Å². The van der Waals surface area contributed by atoms with Crippen LogP contribution < -0.4 is 4.74 Å². The molecule has 0 unspecified atom stereocenters. The first-order valence-electron chi connectivity index (χ1n) is 6.20. The number of allylic oxidation sites excluding steroid dienone is 1. The molecule has 0 aliphatic heterocycles. The summed E-state index contributed by atoms with van der Waals surface area (Å²) in [6, 6.07) is 18.3. The summed E-state index contributed by atoms with van der Waals surface area (Å²) in [5.41, 5.74) is 1.77. The van der Waals surface area contributed by atoms with Crippen molar-refractivity contribution in [1.82, 2.24) is 0 Å². The van der Waals surface area contributed by atoms with Crippen LogP contribution in [-0.2, 0) is 6.61 Å². The fourth-order valence-electron chi connectivity index (χ4n) is 1.74. The molecule has 0 amide bonds. The van der Waals surface area contributed by atoms with Crippen molar-refractivity contribution in [3.8, 4) is 17.9 Å². The van der Waals surface area contributed by atoms with Crippen LogP contribution in [0.4, 0.5) is 0 Å². The van der Waals surface area contributed by atoms with E-state index in [9.17, 15) is 0 Å². The first-order valence-corrected chi connectivity index (χ1v) is 6.58. The van der Waals surface area contributed by atoms with E-state index >= 15 is 0 Å². The Morgan fingerprint density at radius 3 is 2.57 bits per heavy atom. The molecule has 0 spiro atoms. The van der Waals surface area contributed by atoms with E-state index in [2.05, 4.69) is 0 Å². The molecule has 0 aromatic heterocycles. The summed E-state index contributed by atoms with van der Waals surface area (Å²) >= 11 is 5.92. The second-order valence-corrected chi connectivity index (χ2v) is 4.71. The molecule has 0 atom stereocenters. The zero-order valence-corrected chi connectivity index (χ0v) is 11.8. The summed E-state index contributed by atoms with van der Waals surface area (Å²) in [6.07, 6.45) is 1.52. The van der Waals surface area contributed by atoms with Gasteiger partial charge in [0.2, 0.25) is 0 Å². The Morgan fingerprint density at radius 1 is 1.10 bits per heavy atom. The maximum atomic E-state index is 8.75. The highest BCUT2D eigenvalue weighted by Crippen LogP contribution is 2.18. The van der Waals surface area contributed by atoms with Crippen LogP contribution in [0.25, 0.3) is 6.08 Å². The topological polar surface area (TPSA) is 56.8 Å². The lowest BCUT2D eigenvalue weighted by atomic mass is 10.1. The minimum Gasteiger partial charge on any atom is -0.489 e. The van der Waals surface area contributed by atoms with Crippen molar-refractivity contribution in [2.24, 2.45) is 0 Å². The fourth-order valence-corrected chi connectivity index (χ4v) is 1.96. The Kier molecular flexibility index (Phi) is 4.99. The molecule has 21 heavy (non-hydrogen) atoms. The third-order valence-electron chi connectivity index (χ3n) is 2.70. The maximum Gasteiger partial charge on any atom is 0.130 e. The van der Waals surface area contributed by atoms with E-state index in [4.69, 9.17) is 26.9 Å². The van der Waals surface area contributed by atoms with Gasteiger partial charge in [0, 0.05) is 5.02 Å². The molecule has 0 fully saturated rings. The van der Waals surface area contributed by atoms with Gasteiger partial charge in [0.1, 0.15) is 30.1 Å². The van der Waals surface area contributed by atoms with E-state index in [1.807, 2.05) is 48.5 Å². The van der Waals surface area contributed by atoms with Gasteiger partial charge in [0.15, 0.2) is 0 Å². The molecule has 3 nitrogen and oxygen atoms in total. The van der Waals surface area contributed by atoms with E-state index in [1.165, 1.54) is 6.08 Å². The first kappa shape index (κ1) is 14.7. The molecule has 0 radical (unpaired) electrons. The van der Waals surface area contributed by atoms with Gasteiger partial charge >= 0.3 is 0 Å². The molecule has 0 heterocycles. The molecular formula is C17H11ClN2O. The van der Waals surface area contributed by atoms with Crippen molar-refractivity contribution < 1.29 is 4.74 Å². The zero-order chi connectivity index (χ0) is 15.1. The molecule has 0 N–H and O–H groups in total. The predicted molar refractivity (Wildman–Crippen MR) is 81.4 cm³/mol. The predicted octanol–water partition coefficient (Wildman–Crippen LogP) is 4.35. The summed E-state index contributed by atoms with van der Waals surface area (Å²) in [7, 11) is 0. The van der Waals surface area contributed by atoms with E-state index in [0.29, 0.717) is 17.4 Å². The molecule has 2 rings (SSSR count). The summed E-state index contributed by atoms with van der Waals surface area (Å²) in [5, 5.41) is 18.2. The number of nitriles is 2. The van der Waals surface area contributed by atoms with Crippen molar-refractivity contribution >= 4 is 17.7 Å². The Morgan fingerprint density at radius 2 is 1.86 bits per heavy atom. The summed E-state index contributed by atoms with van der Waals surface area (Å²) < 4.78 is 5.68. The molecule has 0 aliphatic carbocycles. The lowest BCUT2D eigenvalue weighted by Crippen LogP contribution is -1.95. The Hall–Kier alpha value is -2.75. The highest BCUT2D eigenvalue weighted by Gasteiger charge is 1.99. The molecule has 0 aliphatic rings. The average molecular weight is 295 g/mol. The van der Waals surface area contributed by atoms with Crippen LogP contribution in [0.5, 0.6) is 5.75 Å². The first-order chi connectivity index (χ1) is 10.2. The van der Waals surface area contributed by atoms with Crippen molar-refractivity contribution in [2.45, 2.75) is 6.61 Å². The molecule has 2 aromatic carbocycles. The summed E-state index contributed by atoms with van der Waals surface area (Å²) in [5.74, 6) is 0.666. The monoisotopic (exact) mass is 294 g/mol. The number of benzene rings is 2.